The Labute approximate surface area is 192 Å². The number of hydrogen-bond acceptors (Lipinski definition) is 4. The van der Waals surface area contributed by atoms with Gasteiger partial charge in [0.2, 0.25) is 0 Å². The van der Waals surface area contributed by atoms with Gasteiger partial charge >= 0.3 is 0 Å². The molecule has 3 aliphatic rings. The maximum atomic E-state index is 9.47. The van der Waals surface area contributed by atoms with Crippen molar-refractivity contribution in [2.24, 2.45) is 5.92 Å². The van der Waals surface area contributed by atoms with E-state index in [4.69, 9.17) is 0 Å². The first-order chi connectivity index (χ1) is 12.2. The van der Waals surface area contributed by atoms with Crippen molar-refractivity contribution in [3.63, 3.8) is 0 Å². The number of likely N-dealkylation sites (N-methyl/N-ethyl adjacent to an activating group) is 1. The summed E-state index contributed by atoms with van der Waals surface area (Å²) < 4.78 is 0. The summed E-state index contributed by atoms with van der Waals surface area (Å²) in [7, 11) is 6.46. The highest BCUT2D eigenvalue weighted by Gasteiger charge is 2.25. The van der Waals surface area contributed by atoms with E-state index in [1.165, 1.54) is 45.3 Å². The zero-order valence-electron chi connectivity index (χ0n) is 18.4. The van der Waals surface area contributed by atoms with Crippen molar-refractivity contribution in [3.8, 4) is 0 Å². The Hall–Kier alpha value is -0.420. The molecule has 1 N–H and O–H groups in total. The van der Waals surface area contributed by atoms with E-state index in [1.807, 2.05) is 6.92 Å². The minimum Gasteiger partial charge on any atom is -0.390 e. The fourth-order valence-electron chi connectivity index (χ4n) is 3.44. The van der Waals surface area contributed by atoms with E-state index < -0.39 is 0 Å². The molecule has 3 aliphatic heterocycles. The molecule has 0 radical (unpaired) electrons. The van der Waals surface area contributed by atoms with E-state index in [0.29, 0.717) is 0 Å². The molecule has 0 aromatic heterocycles. The van der Waals surface area contributed by atoms with Crippen molar-refractivity contribution in [1.82, 2.24) is 14.7 Å². The topological polar surface area (TPSA) is 30.0 Å². The molecule has 0 aliphatic carbocycles. The van der Waals surface area contributed by atoms with Gasteiger partial charge in [0.25, 0.3) is 0 Å². The second kappa shape index (κ2) is 19.3. The van der Waals surface area contributed by atoms with Gasteiger partial charge in [-0.2, -0.15) is 0 Å². The number of rotatable bonds is 1. The van der Waals surface area contributed by atoms with E-state index >= 15 is 0 Å². The average molecular weight is 432 g/mol. The Bertz CT molecular complexity index is 391. The summed E-state index contributed by atoms with van der Waals surface area (Å²) in [5, 5.41) is 9.47. The first-order valence-electron chi connectivity index (χ1n) is 10.7. The van der Waals surface area contributed by atoms with E-state index in [0.717, 1.165) is 38.4 Å². The van der Waals surface area contributed by atoms with Crippen molar-refractivity contribution in [1.29, 1.82) is 0 Å². The third-order valence-corrected chi connectivity index (χ3v) is 6.12. The Morgan fingerprint density at radius 3 is 1.67 bits per heavy atom. The number of aliphatic hydroxyl groups is 1. The van der Waals surface area contributed by atoms with Crippen molar-refractivity contribution in [2.45, 2.75) is 94.6 Å². The third kappa shape index (κ3) is 17.3. The molecular weight excluding hydrogens is 370 g/mol. The molecule has 0 aromatic rings. The number of nitrogens with zero attached hydrogens (tertiary/aromatic N) is 3. The highest BCUT2D eigenvalue weighted by Crippen LogP contribution is 2.19. The Balaban J connectivity index is -0.000000159. The fourth-order valence-corrected chi connectivity index (χ4v) is 3.44. The lowest BCUT2D eigenvalue weighted by atomic mass is 9.94. The molecule has 4 nitrogen and oxygen atoms in total. The van der Waals surface area contributed by atoms with Crippen LogP contribution in [-0.4, -0.2) is 85.8 Å². The van der Waals surface area contributed by atoms with Gasteiger partial charge in [-0.05, 0) is 86.1 Å². The maximum Gasteiger partial charge on any atom is 0.0644 e. The fraction of sp³-hybridized carbons (Fsp3) is 0.923. The normalized spacial score (nSPS) is 22.0. The van der Waals surface area contributed by atoms with Crippen LogP contribution in [0.25, 0.3) is 0 Å². The van der Waals surface area contributed by atoms with Gasteiger partial charge in [0.15, 0.2) is 0 Å². The molecule has 186 valence electrons. The number of hydrogen-bond donors (Lipinski definition) is 1. The minimum absolute atomic E-state index is 0. The molecule has 4 heteroatoms. The van der Waals surface area contributed by atoms with Crippen LogP contribution in [-0.2, 0) is 0 Å². The standard InChI is InChI=1S/C8H17N.C7H15NO.C7H13N.4CH4/c1-3-8-4-6-9(2)7-5-8;1-7(9)3-5-8(2)6-4-7;1-7-3-5-8(2)6-4-7;;;;/h8H,3-7H2,1-2H3;9H,3-6H2,1-2H3;3H,4-6H2,1-2H3;4*1H4. The van der Waals surface area contributed by atoms with E-state index in [2.05, 4.69) is 55.8 Å². The highest BCUT2D eigenvalue weighted by molar-refractivity contribution is 5.02. The SMILES string of the molecule is C.C.C.C.CC1=CCN(C)CC1.CCC1CCN(C)CC1.CN1CCC(C)(O)CC1. The van der Waals surface area contributed by atoms with Crippen LogP contribution in [0.15, 0.2) is 11.6 Å². The van der Waals surface area contributed by atoms with Crippen molar-refractivity contribution >= 4 is 0 Å². The van der Waals surface area contributed by atoms with Crippen LogP contribution in [0.3, 0.4) is 0 Å². The minimum atomic E-state index is -0.382. The van der Waals surface area contributed by atoms with Crippen LogP contribution >= 0.6 is 0 Å². The van der Waals surface area contributed by atoms with Crippen LogP contribution in [0.4, 0.5) is 0 Å². The molecule has 0 unspecified atom stereocenters. The van der Waals surface area contributed by atoms with Gasteiger partial charge in [0, 0.05) is 26.2 Å². The molecule has 0 atom stereocenters. The largest absolute Gasteiger partial charge is 0.390 e. The summed E-state index contributed by atoms with van der Waals surface area (Å²) in [6.07, 6.45) is 9.63. The smallest absolute Gasteiger partial charge is 0.0644 e. The summed E-state index contributed by atoms with van der Waals surface area (Å²) in [5.41, 5.74) is 1.16. The van der Waals surface area contributed by atoms with Gasteiger partial charge in [0.05, 0.1) is 5.60 Å². The molecule has 2 saturated heterocycles. The Morgan fingerprint density at radius 2 is 1.33 bits per heavy atom. The zero-order valence-corrected chi connectivity index (χ0v) is 18.4. The maximum absolute atomic E-state index is 9.47. The summed E-state index contributed by atoms with van der Waals surface area (Å²) >= 11 is 0. The van der Waals surface area contributed by atoms with E-state index in [9.17, 15) is 5.11 Å². The van der Waals surface area contributed by atoms with Crippen LogP contribution in [0.1, 0.15) is 89.0 Å². The Morgan fingerprint density at radius 1 is 0.867 bits per heavy atom. The van der Waals surface area contributed by atoms with Crippen molar-refractivity contribution in [2.75, 3.05) is 60.4 Å². The van der Waals surface area contributed by atoms with E-state index in [-0.39, 0.29) is 35.3 Å². The predicted molar refractivity (Wildman–Crippen MR) is 141 cm³/mol. The van der Waals surface area contributed by atoms with Gasteiger partial charge < -0.3 is 19.8 Å². The van der Waals surface area contributed by atoms with Crippen LogP contribution in [0.2, 0.25) is 0 Å². The van der Waals surface area contributed by atoms with Crippen molar-refractivity contribution in [3.05, 3.63) is 11.6 Å². The molecule has 0 spiro atoms. The lowest BCUT2D eigenvalue weighted by Crippen LogP contribution is -2.40. The third-order valence-electron chi connectivity index (χ3n) is 6.12. The average Bonchev–Trinajstić information content (AvgIpc) is 2.62. The predicted octanol–water partition coefficient (Wildman–Crippen LogP) is 6.01. The molecule has 2 fully saturated rings. The molecular formula is C26H61N3O. The van der Waals surface area contributed by atoms with Crippen LogP contribution < -0.4 is 0 Å². The molecule has 3 rings (SSSR count). The van der Waals surface area contributed by atoms with Gasteiger partial charge in [-0.1, -0.05) is 54.7 Å². The van der Waals surface area contributed by atoms with Crippen LogP contribution in [0.5, 0.6) is 0 Å². The second-order valence-electron chi connectivity index (χ2n) is 9.02. The monoisotopic (exact) mass is 431 g/mol. The number of piperidine rings is 2. The quantitative estimate of drug-likeness (QED) is 0.515. The van der Waals surface area contributed by atoms with Crippen LogP contribution in [0, 0.1) is 5.92 Å². The van der Waals surface area contributed by atoms with Gasteiger partial charge in [-0.3, -0.25) is 0 Å². The second-order valence-corrected chi connectivity index (χ2v) is 9.02. The van der Waals surface area contributed by atoms with Gasteiger partial charge in [0.1, 0.15) is 0 Å². The van der Waals surface area contributed by atoms with E-state index in [1.54, 1.807) is 5.57 Å². The van der Waals surface area contributed by atoms with Gasteiger partial charge in [-0.15, -0.1) is 0 Å². The lowest BCUT2D eigenvalue weighted by molar-refractivity contribution is 0.000998. The number of likely N-dealkylation sites (tertiary alicyclic amines) is 2. The first-order valence-corrected chi connectivity index (χ1v) is 10.7. The van der Waals surface area contributed by atoms with Crippen molar-refractivity contribution < 1.29 is 5.11 Å². The summed E-state index contributed by atoms with van der Waals surface area (Å²) in [6, 6.07) is 0. The summed E-state index contributed by atoms with van der Waals surface area (Å²) in [4.78, 5) is 7.00. The summed E-state index contributed by atoms with van der Waals surface area (Å²) in [6.45, 7) is 13.5. The highest BCUT2D eigenvalue weighted by atomic mass is 16.3. The molecule has 0 saturated carbocycles. The zero-order chi connectivity index (χ0) is 19.6. The molecule has 0 amide bonds. The molecule has 3 heterocycles. The molecule has 0 bridgehead atoms. The first kappa shape index (κ1) is 36.9. The molecule has 30 heavy (non-hydrogen) atoms. The summed E-state index contributed by atoms with van der Waals surface area (Å²) in [5.74, 6) is 1.03. The Kier molecular flexibility index (Phi) is 23.7. The lowest BCUT2D eigenvalue weighted by Gasteiger charge is -2.33. The van der Waals surface area contributed by atoms with Gasteiger partial charge in [-0.25, -0.2) is 0 Å². The molecule has 0 aromatic carbocycles.